The number of likely N-dealkylation sites (N-methyl/N-ethyl adjacent to an activating group) is 1. The first kappa shape index (κ1) is 13.1. The molecule has 0 saturated heterocycles. The van der Waals surface area contributed by atoms with Crippen LogP contribution in [-0.4, -0.2) is 18.1 Å². The third-order valence-corrected chi connectivity index (χ3v) is 3.29. The van der Waals surface area contributed by atoms with Gasteiger partial charge in [0.15, 0.2) is 0 Å². The van der Waals surface area contributed by atoms with Crippen molar-refractivity contribution in [1.82, 2.24) is 10.3 Å². The highest BCUT2D eigenvalue weighted by Gasteiger charge is 2.21. The summed E-state index contributed by atoms with van der Waals surface area (Å²) in [4.78, 5) is 4.22. The molecule has 1 aliphatic rings. The third kappa shape index (κ3) is 2.91. The molecule has 0 amide bonds. The Balaban J connectivity index is 2.31. The van der Waals surface area contributed by atoms with E-state index in [0.29, 0.717) is 0 Å². The van der Waals surface area contributed by atoms with Gasteiger partial charge in [0.1, 0.15) is 5.76 Å². The zero-order chi connectivity index (χ0) is 12.8. The van der Waals surface area contributed by atoms with E-state index >= 15 is 0 Å². The van der Waals surface area contributed by atoms with Gasteiger partial charge >= 0.3 is 0 Å². The van der Waals surface area contributed by atoms with Crippen LogP contribution < -0.4 is 5.32 Å². The Morgan fingerprint density at radius 3 is 3.00 bits per heavy atom. The van der Waals surface area contributed by atoms with Crippen molar-refractivity contribution in [2.45, 2.75) is 39.2 Å². The summed E-state index contributed by atoms with van der Waals surface area (Å²) < 4.78 is 5.82. The van der Waals surface area contributed by atoms with E-state index in [2.05, 4.69) is 36.3 Å². The van der Waals surface area contributed by atoms with Gasteiger partial charge in [-0.1, -0.05) is 13.8 Å². The molecule has 1 aliphatic heterocycles. The highest BCUT2D eigenvalue weighted by molar-refractivity contribution is 5.32. The molecule has 1 atom stereocenters. The van der Waals surface area contributed by atoms with Gasteiger partial charge in [-0.2, -0.15) is 0 Å². The summed E-state index contributed by atoms with van der Waals surface area (Å²) in [6, 6.07) is 2.28. The molecule has 0 spiro atoms. The van der Waals surface area contributed by atoms with Gasteiger partial charge in [0.25, 0.3) is 0 Å². The summed E-state index contributed by atoms with van der Waals surface area (Å²) in [5.41, 5.74) is 2.58. The molecule has 0 bridgehead atoms. The lowest BCUT2D eigenvalue weighted by molar-refractivity contribution is 0.168. The van der Waals surface area contributed by atoms with Gasteiger partial charge in [0, 0.05) is 12.4 Å². The van der Waals surface area contributed by atoms with Crippen LogP contribution in [0, 0.1) is 0 Å². The Labute approximate surface area is 109 Å². The maximum absolute atomic E-state index is 5.82. The van der Waals surface area contributed by atoms with Crippen molar-refractivity contribution in [3.05, 3.63) is 41.4 Å². The summed E-state index contributed by atoms with van der Waals surface area (Å²) in [6.07, 6.45) is 9.28. The van der Waals surface area contributed by atoms with E-state index in [1.54, 1.807) is 0 Å². The number of hydrogen-bond donors (Lipinski definition) is 1. The van der Waals surface area contributed by atoms with Gasteiger partial charge in [0.05, 0.1) is 12.6 Å². The van der Waals surface area contributed by atoms with Crippen LogP contribution >= 0.6 is 0 Å². The van der Waals surface area contributed by atoms with E-state index < -0.39 is 0 Å². The minimum Gasteiger partial charge on any atom is -0.496 e. The Morgan fingerprint density at radius 1 is 1.44 bits per heavy atom. The zero-order valence-electron chi connectivity index (χ0n) is 11.3. The standard InChI is InChI=1S/C15H22N2O/c1-3-12-11-16-9-8-13(12)15(17-4-2)14-7-5-6-10-18-14/h7-9,11,15,17H,3-6,10H2,1-2H3. The van der Waals surface area contributed by atoms with Crippen LogP contribution in [0.2, 0.25) is 0 Å². The van der Waals surface area contributed by atoms with E-state index in [1.807, 2.05) is 12.4 Å². The molecule has 3 heteroatoms. The minimum absolute atomic E-state index is 0.174. The van der Waals surface area contributed by atoms with Gasteiger partial charge in [-0.15, -0.1) is 0 Å². The molecule has 0 saturated carbocycles. The first-order valence-electron chi connectivity index (χ1n) is 6.85. The average Bonchev–Trinajstić information content (AvgIpc) is 2.46. The SMILES string of the molecule is CCNC(C1=CCCCO1)c1ccncc1CC. The Kier molecular flexibility index (Phi) is 4.76. The molecule has 18 heavy (non-hydrogen) atoms. The Bertz CT molecular complexity index is 415. The molecule has 1 aromatic heterocycles. The van der Waals surface area contributed by atoms with Crippen molar-refractivity contribution < 1.29 is 4.74 Å². The van der Waals surface area contributed by atoms with Gasteiger partial charge in [-0.25, -0.2) is 0 Å². The fourth-order valence-corrected chi connectivity index (χ4v) is 2.36. The van der Waals surface area contributed by atoms with Gasteiger partial charge in [-0.3, -0.25) is 4.98 Å². The summed E-state index contributed by atoms with van der Waals surface area (Å²) in [6.45, 7) is 6.06. The third-order valence-electron chi connectivity index (χ3n) is 3.29. The number of nitrogens with one attached hydrogen (secondary N) is 1. The van der Waals surface area contributed by atoms with Crippen molar-refractivity contribution in [2.75, 3.05) is 13.2 Å². The number of nitrogens with zero attached hydrogens (tertiary/aromatic N) is 1. The monoisotopic (exact) mass is 246 g/mol. The fourth-order valence-electron chi connectivity index (χ4n) is 2.36. The summed E-state index contributed by atoms with van der Waals surface area (Å²) in [5, 5.41) is 3.52. The van der Waals surface area contributed by atoms with Gasteiger partial charge in [0.2, 0.25) is 0 Å². The minimum atomic E-state index is 0.174. The topological polar surface area (TPSA) is 34.1 Å². The van der Waals surface area contributed by atoms with Gasteiger partial charge < -0.3 is 10.1 Å². The van der Waals surface area contributed by atoms with Crippen LogP contribution in [0.5, 0.6) is 0 Å². The second-order valence-corrected chi connectivity index (χ2v) is 4.52. The zero-order valence-corrected chi connectivity index (χ0v) is 11.3. The van der Waals surface area contributed by atoms with Crippen molar-refractivity contribution >= 4 is 0 Å². The smallest absolute Gasteiger partial charge is 0.113 e. The molecule has 0 radical (unpaired) electrons. The number of allylic oxidation sites excluding steroid dienone is 1. The fraction of sp³-hybridized carbons (Fsp3) is 0.533. The van der Waals surface area contributed by atoms with Crippen molar-refractivity contribution in [1.29, 1.82) is 0 Å². The molecule has 1 unspecified atom stereocenters. The predicted octanol–water partition coefficient (Wildman–Crippen LogP) is 2.99. The van der Waals surface area contributed by atoms with Crippen LogP contribution in [0.4, 0.5) is 0 Å². The molecular weight excluding hydrogens is 224 g/mol. The maximum Gasteiger partial charge on any atom is 0.113 e. The Hall–Kier alpha value is -1.35. The lowest BCUT2D eigenvalue weighted by atomic mass is 9.98. The second-order valence-electron chi connectivity index (χ2n) is 4.52. The number of aromatic nitrogens is 1. The van der Waals surface area contributed by atoms with Crippen LogP contribution in [0.3, 0.4) is 0 Å². The molecule has 3 nitrogen and oxygen atoms in total. The van der Waals surface area contributed by atoms with E-state index in [-0.39, 0.29) is 6.04 Å². The molecule has 0 aliphatic carbocycles. The van der Waals surface area contributed by atoms with E-state index in [0.717, 1.165) is 38.2 Å². The van der Waals surface area contributed by atoms with E-state index in [1.165, 1.54) is 11.1 Å². The van der Waals surface area contributed by atoms with E-state index in [4.69, 9.17) is 4.74 Å². The summed E-state index contributed by atoms with van der Waals surface area (Å²) >= 11 is 0. The van der Waals surface area contributed by atoms with Crippen LogP contribution in [0.15, 0.2) is 30.3 Å². The van der Waals surface area contributed by atoms with Crippen molar-refractivity contribution in [3.63, 3.8) is 0 Å². The van der Waals surface area contributed by atoms with Crippen molar-refractivity contribution in [3.8, 4) is 0 Å². The van der Waals surface area contributed by atoms with Crippen LogP contribution in [0.25, 0.3) is 0 Å². The first-order chi connectivity index (χ1) is 8.86. The molecule has 2 heterocycles. The quantitative estimate of drug-likeness (QED) is 0.867. The van der Waals surface area contributed by atoms with Crippen LogP contribution in [0.1, 0.15) is 43.9 Å². The number of pyridine rings is 1. The van der Waals surface area contributed by atoms with Crippen molar-refractivity contribution in [2.24, 2.45) is 0 Å². The highest BCUT2D eigenvalue weighted by Crippen LogP contribution is 2.28. The highest BCUT2D eigenvalue weighted by atomic mass is 16.5. The largest absolute Gasteiger partial charge is 0.496 e. The van der Waals surface area contributed by atoms with E-state index in [9.17, 15) is 0 Å². The second kappa shape index (κ2) is 6.55. The molecule has 1 aromatic rings. The molecule has 98 valence electrons. The normalized spacial score (nSPS) is 16.9. The number of ether oxygens (including phenoxy) is 1. The lowest BCUT2D eigenvalue weighted by Crippen LogP contribution is -2.26. The molecule has 0 aromatic carbocycles. The Morgan fingerprint density at radius 2 is 2.33 bits per heavy atom. The first-order valence-corrected chi connectivity index (χ1v) is 6.85. The number of rotatable bonds is 5. The molecular formula is C15H22N2O. The number of hydrogen-bond acceptors (Lipinski definition) is 3. The number of aryl methyl sites for hydroxylation is 1. The molecule has 1 N–H and O–H groups in total. The van der Waals surface area contributed by atoms with Gasteiger partial charge in [-0.05, 0) is 49.1 Å². The predicted molar refractivity (Wildman–Crippen MR) is 73.3 cm³/mol. The van der Waals surface area contributed by atoms with Crippen LogP contribution in [-0.2, 0) is 11.2 Å². The summed E-state index contributed by atoms with van der Waals surface area (Å²) in [7, 11) is 0. The maximum atomic E-state index is 5.82. The molecule has 0 fully saturated rings. The molecule has 2 rings (SSSR count). The summed E-state index contributed by atoms with van der Waals surface area (Å²) in [5.74, 6) is 1.07. The average molecular weight is 246 g/mol. The lowest BCUT2D eigenvalue weighted by Gasteiger charge is -2.26.